The molecule has 0 amide bonds. The molecule has 0 aromatic heterocycles. The lowest BCUT2D eigenvalue weighted by atomic mass is 10.1. The summed E-state index contributed by atoms with van der Waals surface area (Å²) in [5.41, 5.74) is 1.65. The minimum absolute atomic E-state index is 0. The molecule has 0 spiro atoms. The van der Waals surface area contributed by atoms with Crippen LogP contribution in [0.3, 0.4) is 0 Å². The topological polar surface area (TPSA) is 62.7 Å². The van der Waals surface area contributed by atoms with Crippen molar-refractivity contribution < 1.29 is 9.53 Å². The Bertz CT molecular complexity index is 517. The molecule has 0 saturated carbocycles. The maximum Gasteiger partial charge on any atom is 0.337 e. The number of nitrogens with one attached hydrogen (secondary N) is 2. The second kappa shape index (κ2) is 10.7. The van der Waals surface area contributed by atoms with Crippen molar-refractivity contribution >= 4 is 47.7 Å². The summed E-state index contributed by atoms with van der Waals surface area (Å²) in [5, 5.41) is 7.34. The van der Waals surface area contributed by atoms with Crippen molar-refractivity contribution in [3.63, 3.8) is 0 Å². The number of carbonyl (C=O) groups is 1. The quantitative estimate of drug-likeness (QED) is 0.313. The van der Waals surface area contributed by atoms with E-state index in [-0.39, 0.29) is 29.9 Å². The van der Waals surface area contributed by atoms with Crippen LogP contribution in [-0.4, -0.2) is 43.6 Å². The van der Waals surface area contributed by atoms with Crippen LogP contribution in [0.2, 0.25) is 0 Å². The molecule has 1 unspecified atom stereocenters. The number of ether oxygens (including phenoxy) is 1. The molecule has 0 bridgehead atoms. The van der Waals surface area contributed by atoms with E-state index in [1.807, 2.05) is 23.9 Å². The maximum absolute atomic E-state index is 11.4. The van der Waals surface area contributed by atoms with Crippen LogP contribution < -0.4 is 10.6 Å². The molecule has 1 fully saturated rings. The fourth-order valence-corrected chi connectivity index (χ4v) is 3.50. The molecular formula is C16H24IN3O2S. The van der Waals surface area contributed by atoms with Gasteiger partial charge < -0.3 is 15.4 Å². The SMILES string of the molecule is CN=C(NCc1ccc(C(=O)OC)cc1)NCC1CCCS1.I. The van der Waals surface area contributed by atoms with Gasteiger partial charge in [0.1, 0.15) is 0 Å². The van der Waals surface area contributed by atoms with Gasteiger partial charge in [-0.05, 0) is 36.3 Å². The van der Waals surface area contributed by atoms with Gasteiger partial charge in [-0.2, -0.15) is 11.8 Å². The minimum Gasteiger partial charge on any atom is -0.465 e. The Morgan fingerprint density at radius 3 is 2.65 bits per heavy atom. The van der Waals surface area contributed by atoms with Crippen molar-refractivity contribution in [1.29, 1.82) is 0 Å². The van der Waals surface area contributed by atoms with Crippen LogP contribution in [0.1, 0.15) is 28.8 Å². The first-order valence-electron chi connectivity index (χ1n) is 7.46. The molecule has 1 aromatic carbocycles. The molecule has 1 atom stereocenters. The molecular weight excluding hydrogens is 425 g/mol. The van der Waals surface area contributed by atoms with Gasteiger partial charge in [0.2, 0.25) is 0 Å². The Balaban J connectivity index is 0.00000264. The van der Waals surface area contributed by atoms with Crippen LogP contribution in [0, 0.1) is 0 Å². The average Bonchev–Trinajstić information content (AvgIpc) is 3.08. The van der Waals surface area contributed by atoms with Gasteiger partial charge in [0.25, 0.3) is 0 Å². The van der Waals surface area contributed by atoms with Crippen LogP contribution >= 0.6 is 35.7 Å². The third-order valence-electron chi connectivity index (χ3n) is 3.58. The number of guanidine groups is 1. The first kappa shape index (κ1) is 20.1. The van der Waals surface area contributed by atoms with E-state index in [9.17, 15) is 4.79 Å². The zero-order valence-electron chi connectivity index (χ0n) is 13.5. The number of methoxy groups -OCH3 is 1. The molecule has 1 aliphatic rings. The molecule has 1 saturated heterocycles. The third-order valence-corrected chi connectivity index (χ3v) is 4.98. The Morgan fingerprint density at radius 2 is 2.09 bits per heavy atom. The molecule has 2 N–H and O–H groups in total. The second-order valence-electron chi connectivity index (χ2n) is 5.13. The van der Waals surface area contributed by atoms with Crippen molar-refractivity contribution in [1.82, 2.24) is 10.6 Å². The summed E-state index contributed by atoms with van der Waals surface area (Å²) in [5.74, 6) is 1.76. The van der Waals surface area contributed by atoms with Gasteiger partial charge >= 0.3 is 5.97 Å². The highest BCUT2D eigenvalue weighted by atomic mass is 127. The van der Waals surface area contributed by atoms with Crippen molar-refractivity contribution in [2.75, 3.05) is 26.5 Å². The van der Waals surface area contributed by atoms with Crippen LogP contribution in [0.15, 0.2) is 29.3 Å². The summed E-state index contributed by atoms with van der Waals surface area (Å²) in [7, 11) is 3.16. The smallest absolute Gasteiger partial charge is 0.337 e. The van der Waals surface area contributed by atoms with E-state index in [1.54, 1.807) is 19.2 Å². The van der Waals surface area contributed by atoms with Crippen molar-refractivity contribution in [2.24, 2.45) is 4.99 Å². The Labute approximate surface area is 159 Å². The molecule has 5 nitrogen and oxygen atoms in total. The standard InChI is InChI=1S/C16H23N3O2S.HI/c1-17-16(19-11-14-4-3-9-22-14)18-10-12-5-7-13(8-6-12)15(20)21-2;/h5-8,14H,3-4,9-11H2,1-2H3,(H2,17,18,19);1H. The van der Waals surface area contributed by atoms with E-state index in [0.29, 0.717) is 17.4 Å². The molecule has 128 valence electrons. The summed E-state index contributed by atoms with van der Waals surface area (Å²) in [6.45, 7) is 1.62. The van der Waals surface area contributed by atoms with E-state index in [1.165, 1.54) is 25.7 Å². The fourth-order valence-electron chi connectivity index (χ4n) is 2.30. The number of hydrogen-bond acceptors (Lipinski definition) is 4. The lowest BCUT2D eigenvalue weighted by Crippen LogP contribution is -2.39. The van der Waals surface area contributed by atoms with Gasteiger partial charge in [0.15, 0.2) is 5.96 Å². The van der Waals surface area contributed by atoms with Gasteiger partial charge in [-0.3, -0.25) is 4.99 Å². The summed E-state index contributed by atoms with van der Waals surface area (Å²) >= 11 is 2.03. The van der Waals surface area contributed by atoms with Crippen molar-refractivity contribution in [2.45, 2.75) is 24.6 Å². The number of nitrogens with zero attached hydrogens (tertiary/aromatic N) is 1. The van der Waals surface area contributed by atoms with Gasteiger partial charge in [0, 0.05) is 25.4 Å². The average molecular weight is 449 g/mol. The second-order valence-corrected chi connectivity index (χ2v) is 6.54. The molecule has 2 rings (SSSR count). The van der Waals surface area contributed by atoms with E-state index in [0.717, 1.165) is 18.1 Å². The number of hydrogen-bond donors (Lipinski definition) is 2. The largest absolute Gasteiger partial charge is 0.465 e. The Kier molecular flexibility index (Phi) is 9.39. The first-order valence-corrected chi connectivity index (χ1v) is 8.51. The molecule has 23 heavy (non-hydrogen) atoms. The highest BCUT2D eigenvalue weighted by Gasteiger charge is 2.15. The number of thioether (sulfide) groups is 1. The highest BCUT2D eigenvalue weighted by Crippen LogP contribution is 2.25. The molecule has 1 aromatic rings. The lowest BCUT2D eigenvalue weighted by Gasteiger charge is -2.15. The predicted molar refractivity (Wildman–Crippen MR) is 107 cm³/mol. The fraction of sp³-hybridized carbons (Fsp3) is 0.500. The Hall–Kier alpha value is -0.960. The van der Waals surface area contributed by atoms with Crippen molar-refractivity contribution in [3.05, 3.63) is 35.4 Å². The molecule has 1 heterocycles. The monoisotopic (exact) mass is 449 g/mol. The van der Waals surface area contributed by atoms with Gasteiger partial charge in [-0.15, -0.1) is 24.0 Å². The lowest BCUT2D eigenvalue weighted by molar-refractivity contribution is 0.0600. The molecule has 0 radical (unpaired) electrons. The van der Waals surface area contributed by atoms with E-state index >= 15 is 0 Å². The molecule has 7 heteroatoms. The van der Waals surface area contributed by atoms with Crippen LogP contribution in [-0.2, 0) is 11.3 Å². The van der Waals surface area contributed by atoms with Crippen LogP contribution in [0.5, 0.6) is 0 Å². The van der Waals surface area contributed by atoms with E-state index < -0.39 is 0 Å². The minimum atomic E-state index is -0.314. The molecule has 0 aliphatic carbocycles. The summed E-state index contributed by atoms with van der Waals surface area (Å²) < 4.78 is 4.69. The first-order chi connectivity index (χ1) is 10.7. The van der Waals surface area contributed by atoms with Gasteiger partial charge in [0.05, 0.1) is 12.7 Å². The van der Waals surface area contributed by atoms with E-state index in [4.69, 9.17) is 0 Å². The number of rotatable bonds is 5. The zero-order chi connectivity index (χ0) is 15.8. The van der Waals surface area contributed by atoms with Crippen LogP contribution in [0.25, 0.3) is 0 Å². The number of benzene rings is 1. The summed E-state index contributed by atoms with van der Waals surface area (Å²) in [6, 6.07) is 7.38. The number of halogens is 1. The highest BCUT2D eigenvalue weighted by molar-refractivity contribution is 14.0. The molecule has 1 aliphatic heterocycles. The number of aliphatic imine (C=N–C) groups is 1. The Morgan fingerprint density at radius 1 is 1.35 bits per heavy atom. The predicted octanol–water partition coefficient (Wildman–Crippen LogP) is 2.65. The normalized spacial score (nSPS) is 17.3. The summed E-state index contributed by atoms with van der Waals surface area (Å²) in [4.78, 5) is 15.6. The van der Waals surface area contributed by atoms with Crippen molar-refractivity contribution in [3.8, 4) is 0 Å². The third kappa shape index (κ3) is 6.58. The summed E-state index contributed by atoms with van der Waals surface area (Å²) in [6.07, 6.45) is 2.60. The zero-order valence-corrected chi connectivity index (χ0v) is 16.6. The van der Waals surface area contributed by atoms with Gasteiger partial charge in [-0.25, -0.2) is 4.79 Å². The van der Waals surface area contributed by atoms with E-state index in [2.05, 4.69) is 20.4 Å². The number of carbonyl (C=O) groups excluding carboxylic acids is 1. The van der Waals surface area contributed by atoms with Gasteiger partial charge in [-0.1, -0.05) is 12.1 Å². The maximum atomic E-state index is 11.4. The number of esters is 1. The van der Waals surface area contributed by atoms with Crippen LogP contribution in [0.4, 0.5) is 0 Å².